The Morgan fingerprint density at radius 1 is 1.31 bits per heavy atom. The number of benzene rings is 1. The van der Waals surface area contributed by atoms with Gasteiger partial charge in [0.1, 0.15) is 6.10 Å². The second kappa shape index (κ2) is 5.45. The van der Waals surface area contributed by atoms with Gasteiger partial charge in [0.2, 0.25) is 0 Å². The minimum absolute atomic E-state index is 0.291. The first-order valence-corrected chi connectivity index (χ1v) is 5.25. The van der Waals surface area contributed by atoms with Crippen molar-refractivity contribution in [3.63, 3.8) is 0 Å². The van der Waals surface area contributed by atoms with Crippen LogP contribution < -0.4 is 0 Å². The summed E-state index contributed by atoms with van der Waals surface area (Å²) in [5.41, 5.74) is 2.97. The van der Waals surface area contributed by atoms with Gasteiger partial charge in [0.15, 0.2) is 0 Å². The molecule has 1 rings (SSSR count). The van der Waals surface area contributed by atoms with Gasteiger partial charge in [-0.25, -0.2) is 0 Å². The first kappa shape index (κ1) is 12.4. The molecule has 0 N–H and O–H groups in total. The zero-order valence-corrected chi connectivity index (χ0v) is 10.2. The van der Waals surface area contributed by atoms with E-state index in [9.17, 15) is 4.79 Å². The van der Waals surface area contributed by atoms with Gasteiger partial charge in [-0.15, -0.1) is 0 Å². The van der Waals surface area contributed by atoms with Gasteiger partial charge in [0, 0.05) is 14.0 Å². The smallest absolute Gasteiger partial charge is 0.303 e. The number of carbonyl (C=O) groups is 1. The summed E-state index contributed by atoms with van der Waals surface area (Å²) in [6.45, 7) is 5.25. The molecule has 86 valence electrons. The molecule has 1 aromatic carbocycles. The molecular weight excluding hydrogens is 202 g/mol. The summed E-state index contributed by atoms with van der Waals surface area (Å²) < 4.78 is 5.12. The van der Waals surface area contributed by atoms with Gasteiger partial charge in [-0.05, 0) is 19.4 Å². The topological polar surface area (TPSA) is 38.7 Å². The molecule has 3 nitrogen and oxygen atoms in total. The Morgan fingerprint density at radius 2 is 1.88 bits per heavy atom. The quantitative estimate of drug-likeness (QED) is 0.578. The minimum Gasteiger partial charge on any atom is -0.456 e. The summed E-state index contributed by atoms with van der Waals surface area (Å²) in [5.74, 6) is -0.291. The molecular formula is C13H17NO2. The van der Waals surface area contributed by atoms with Crippen LogP contribution in [0.3, 0.4) is 0 Å². The number of aliphatic imine (C=N–C) groups is 1. The fourth-order valence-electron chi connectivity index (χ4n) is 1.57. The van der Waals surface area contributed by atoms with Crippen molar-refractivity contribution >= 4 is 11.7 Å². The Labute approximate surface area is 96.2 Å². The number of hydrogen-bond donors (Lipinski definition) is 0. The van der Waals surface area contributed by atoms with Crippen LogP contribution in [0.15, 0.2) is 29.3 Å². The molecule has 0 aliphatic heterocycles. The molecule has 1 atom stereocenters. The van der Waals surface area contributed by atoms with E-state index in [2.05, 4.69) is 4.99 Å². The Kier molecular flexibility index (Phi) is 4.23. The third-order valence-electron chi connectivity index (χ3n) is 2.32. The van der Waals surface area contributed by atoms with E-state index in [4.69, 9.17) is 4.74 Å². The van der Waals surface area contributed by atoms with Crippen LogP contribution in [0.1, 0.15) is 25.0 Å². The molecule has 0 saturated carbocycles. The third kappa shape index (κ3) is 3.19. The van der Waals surface area contributed by atoms with Crippen LogP contribution in [0, 0.1) is 6.92 Å². The second-order valence-corrected chi connectivity index (χ2v) is 3.73. The van der Waals surface area contributed by atoms with Crippen molar-refractivity contribution in [2.24, 2.45) is 4.99 Å². The lowest BCUT2D eigenvalue weighted by Gasteiger charge is -2.14. The van der Waals surface area contributed by atoms with Crippen molar-refractivity contribution in [2.45, 2.75) is 26.9 Å². The summed E-state index contributed by atoms with van der Waals surface area (Å²) in [5, 5.41) is 0. The predicted octanol–water partition coefficient (Wildman–Crippen LogP) is 2.37. The van der Waals surface area contributed by atoms with E-state index in [1.807, 2.05) is 38.1 Å². The largest absolute Gasteiger partial charge is 0.456 e. The molecule has 0 radical (unpaired) electrons. The Morgan fingerprint density at radius 3 is 2.31 bits per heavy atom. The van der Waals surface area contributed by atoms with Gasteiger partial charge in [0.25, 0.3) is 0 Å². The number of rotatable bonds is 3. The lowest BCUT2D eigenvalue weighted by atomic mass is 10.0. The molecule has 0 aliphatic carbocycles. The monoisotopic (exact) mass is 219 g/mol. The van der Waals surface area contributed by atoms with Crippen molar-refractivity contribution in [2.75, 3.05) is 7.05 Å². The van der Waals surface area contributed by atoms with E-state index in [0.29, 0.717) is 0 Å². The molecule has 0 aromatic heterocycles. The van der Waals surface area contributed by atoms with Crippen molar-refractivity contribution in [3.8, 4) is 0 Å². The van der Waals surface area contributed by atoms with Crippen LogP contribution in [0.25, 0.3) is 0 Å². The average Bonchev–Trinajstić information content (AvgIpc) is 2.21. The Balaban J connectivity index is 2.91. The average molecular weight is 219 g/mol. The van der Waals surface area contributed by atoms with E-state index in [1.54, 1.807) is 7.05 Å². The van der Waals surface area contributed by atoms with Crippen LogP contribution in [-0.2, 0) is 9.53 Å². The predicted molar refractivity (Wildman–Crippen MR) is 64.9 cm³/mol. The summed E-state index contributed by atoms with van der Waals surface area (Å²) in [6.07, 6.45) is -0.315. The van der Waals surface area contributed by atoms with Crippen LogP contribution in [-0.4, -0.2) is 24.8 Å². The summed E-state index contributed by atoms with van der Waals surface area (Å²) in [7, 11) is 1.70. The molecule has 1 unspecified atom stereocenters. The normalized spacial score (nSPS) is 13.4. The van der Waals surface area contributed by atoms with Crippen LogP contribution in [0.5, 0.6) is 0 Å². The molecule has 0 bridgehead atoms. The van der Waals surface area contributed by atoms with Gasteiger partial charge in [-0.3, -0.25) is 9.79 Å². The summed E-state index contributed by atoms with van der Waals surface area (Å²) >= 11 is 0. The molecule has 0 heterocycles. The number of hydrogen-bond acceptors (Lipinski definition) is 3. The second-order valence-electron chi connectivity index (χ2n) is 3.73. The summed E-state index contributed by atoms with van der Waals surface area (Å²) in [6, 6.07) is 8.00. The maximum absolute atomic E-state index is 10.9. The molecule has 0 aliphatic rings. The maximum atomic E-state index is 10.9. The first-order valence-electron chi connectivity index (χ1n) is 5.25. The fraction of sp³-hybridized carbons (Fsp3) is 0.385. The van der Waals surface area contributed by atoms with Crippen LogP contribution in [0.2, 0.25) is 0 Å². The third-order valence-corrected chi connectivity index (χ3v) is 2.32. The van der Waals surface area contributed by atoms with Crippen molar-refractivity contribution < 1.29 is 9.53 Å². The van der Waals surface area contributed by atoms with Crippen LogP contribution in [0.4, 0.5) is 0 Å². The number of esters is 1. The van der Waals surface area contributed by atoms with E-state index < -0.39 is 0 Å². The van der Waals surface area contributed by atoms with Gasteiger partial charge in [0.05, 0.1) is 5.71 Å². The summed E-state index contributed by atoms with van der Waals surface area (Å²) in [4.78, 5) is 15.1. The molecule has 0 spiro atoms. The first-order chi connectivity index (χ1) is 7.54. The Bertz CT molecular complexity index is 393. The molecule has 0 fully saturated rings. The van der Waals surface area contributed by atoms with Gasteiger partial charge in [-0.1, -0.05) is 29.8 Å². The van der Waals surface area contributed by atoms with E-state index in [-0.39, 0.29) is 12.1 Å². The van der Waals surface area contributed by atoms with Gasteiger partial charge >= 0.3 is 5.97 Å². The zero-order chi connectivity index (χ0) is 12.1. The van der Waals surface area contributed by atoms with E-state index in [1.165, 1.54) is 12.5 Å². The lowest BCUT2D eigenvalue weighted by molar-refractivity contribution is -0.142. The standard InChI is InChI=1S/C13H17NO2/c1-9-5-7-12(8-6-9)13(14-4)10(2)16-11(3)15/h5-8,10H,1-4H3. The molecule has 3 heteroatoms. The van der Waals surface area contributed by atoms with E-state index in [0.717, 1.165) is 11.3 Å². The highest BCUT2D eigenvalue weighted by molar-refractivity contribution is 6.04. The fourth-order valence-corrected chi connectivity index (χ4v) is 1.57. The van der Waals surface area contributed by atoms with Crippen molar-refractivity contribution in [3.05, 3.63) is 35.4 Å². The molecule has 1 aromatic rings. The SMILES string of the molecule is CN=C(c1ccc(C)cc1)C(C)OC(C)=O. The van der Waals surface area contributed by atoms with Crippen molar-refractivity contribution in [1.29, 1.82) is 0 Å². The Hall–Kier alpha value is -1.64. The lowest BCUT2D eigenvalue weighted by Crippen LogP contribution is -2.24. The number of carbonyl (C=O) groups excluding carboxylic acids is 1. The highest BCUT2D eigenvalue weighted by Gasteiger charge is 2.14. The molecule has 0 saturated heterocycles. The minimum atomic E-state index is -0.315. The number of ether oxygens (including phenoxy) is 1. The molecule has 16 heavy (non-hydrogen) atoms. The molecule has 0 amide bonds. The zero-order valence-electron chi connectivity index (χ0n) is 10.2. The van der Waals surface area contributed by atoms with Gasteiger partial charge in [-0.2, -0.15) is 0 Å². The number of aryl methyl sites for hydroxylation is 1. The highest BCUT2D eigenvalue weighted by atomic mass is 16.5. The van der Waals surface area contributed by atoms with E-state index >= 15 is 0 Å². The van der Waals surface area contributed by atoms with Crippen LogP contribution >= 0.6 is 0 Å². The maximum Gasteiger partial charge on any atom is 0.303 e. The van der Waals surface area contributed by atoms with Gasteiger partial charge < -0.3 is 4.74 Å². The number of nitrogens with zero attached hydrogens (tertiary/aromatic N) is 1. The highest BCUT2D eigenvalue weighted by Crippen LogP contribution is 2.09. The van der Waals surface area contributed by atoms with Crippen molar-refractivity contribution in [1.82, 2.24) is 0 Å².